The lowest BCUT2D eigenvalue weighted by atomic mass is 10.3. The zero-order valence-electron chi connectivity index (χ0n) is 8.43. The lowest BCUT2D eigenvalue weighted by molar-refractivity contribution is 0.0660. The Morgan fingerprint density at radius 2 is 2.13 bits per heavy atom. The zero-order chi connectivity index (χ0) is 11.6. The summed E-state index contributed by atoms with van der Waals surface area (Å²) in [6.07, 6.45) is 1.45. The lowest BCUT2D eigenvalue weighted by Gasteiger charge is -2.08. The summed E-state index contributed by atoms with van der Waals surface area (Å²) in [5.41, 5.74) is 0. The molecule has 15 heavy (non-hydrogen) atoms. The first-order valence-electron chi connectivity index (χ1n) is 4.38. The van der Waals surface area contributed by atoms with Crippen LogP contribution in [0.2, 0.25) is 0 Å². The van der Waals surface area contributed by atoms with Crippen molar-refractivity contribution in [2.45, 2.75) is 18.6 Å². The quantitative estimate of drug-likeness (QED) is 0.849. The zero-order valence-corrected chi connectivity index (χ0v) is 9.24. The first kappa shape index (κ1) is 11.8. The topological polar surface area (TPSA) is 84.6 Å². The molecule has 84 valence electrons. The summed E-state index contributed by atoms with van der Waals surface area (Å²) in [5, 5.41) is 7.84. The monoisotopic (exact) mass is 232 g/mol. The van der Waals surface area contributed by atoms with Crippen LogP contribution in [0.5, 0.6) is 0 Å². The van der Waals surface area contributed by atoms with Gasteiger partial charge in [-0.3, -0.25) is 0 Å². The third kappa shape index (κ3) is 2.59. The maximum atomic E-state index is 11.3. The molecule has 1 rings (SSSR count). The number of carboxylic acid groups (broad SMARTS) is 1. The van der Waals surface area contributed by atoms with Crippen LogP contribution >= 0.6 is 0 Å². The predicted molar refractivity (Wildman–Crippen MR) is 53.5 cm³/mol. The van der Waals surface area contributed by atoms with Crippen molar-refractivity contribution in [2.75, 3.05) is 6.26 Å². The van der Waals surface area contributed by atoms with Gasteiger partial charge >= 0.3 is 5.97 Å². The van der Waals surface area contributed by atoms with Crippen LogP contribution in [-0.4, -0.2) is 25.7 Å². The molecule has 0 spiro atoms. The number of hydrogen-bond donors (Lipinski definition) is 1. The van der Waals surface area contributed by atoms with E-state index in [2.05, 4.69) is 0 Å². The second-order valence-electron chi connectivity index (χ2n) is 3.23. The molecule has 0 aliphatic carbocycles. The van der Waals surface area contributed by atoms with Gasteiger partial charge in [-0.25, -0.2) is 13.2 Å². The van der Waals surface area contributed by atoms with Gasteiger partial charge in [0.05, 0.1) is 0 Å². The maximum Gasteiger partial charge on any atom is 0.371 e. The van der Waals surface area contributed by atoms with Gasteiger partial charge in [0.15, 0.2) is 9.84 Å². The van der Waals surface area contributed by atoms with Gasteiger partial charge in [0.2, 0.25) is 5.76 Å². The van der Waals surface area contributed by atoms with Gasteiger partial charge in [0, 0.05) is 6.26 Å². The molecule has 0 aliphatic rings. The van der Waals surface area contributed by atoms with Crippen molar-refractivity contribution in [3.05, 3.63) is 23.7 Å². The van der Waals surface area contributed by atoms with Crippen LogP contribution in [-0.2, 0) is 9.84 Å². The van der Waals surface area contributed by atoms with Crippen LogP contribution in [0.25, 0.3) is 0 Å². The smallest absolute Gasteiger partial charge is 0.371 e. The van der Waals surface area contributed by atoms with Gasteiger partial charge in [0.25, 0.3) is 0 Å². The Labute approximate surface area is 87.6 Å². The maximum absolute atomic E-state index is 11.3. The van der Waals surface area contributed by atoms with E-state index < -0.39 is 21.1 Å². The second-order valence-corrected chi connectivity index (χ2v) is 5.46. The van der Waals surface area contributed by atoms with Crippen LogP contribution in [0, 0.1) is 0 Å². The van der Waals surface area contributed by atoms with E-state index >= 15 is 0 Å². The molecule has 1 atom stereocenters. The molecule has 0 radical (unpaired) electrons. The van der Waals surface area contributed by atoms with Crippen molar-refractivity contribution in [2.24, 2.45) is 0 Å². The number of carboxylic acids is 1. The molecule has 1 N–H and O–H groups in total. The summed E-state index contributed by atoms with van der Waals surface area (Å²) in [6, 6.07) is 2.64. The Morgan fingerprint density at radius 3 is 2.47 bits per heavy atom. The summed E-state index contributed by atoms with van der Waals surface area (Å²) < 4.78 is 27.6. The average molecular weight is 232 g/mol. The number of carbonyl (C=O) groups is 1. The minimum atomic E-state index is -3.27. The highest BCUT2D eigenvalue weighted by Gasteiger charge is 2.25. The van der Waals surface area contributed by atoms with Gasteiger partial charge in [-0.05, 0) is 18.6 Å². The van der Waals surface area contributed by atoms with Gasteiger partial charge in [0.1, 0.15) is 11.0 Å². The molecule has 1 aromatic heterocycles. The second kappa shape index (κ2) is 4.06. The van der Waals surface area contributed by atoms with E-state index in [1.165, 1.54) is 12.1 Å². The molecule has 0 saturated heterocycles. The summed E-state index contributed by atoms with van der Waals surface area (Å²) >= 11 is 0. The molecule has 0 aromatic carbocycles. The van der Waals surface area contributed by atoms with Crippen molar-refractivity contribution in [3.8, 4) is 0 Å². The number of furan rings is 1. The van der Waals surface area contributed by atoms with Crippen molar-refractivity contribution in [1.29, 1.82) is 0 Å². The van der Waals surface area contributed by atoms with Gasteiger partial charge in [-0.2, -0.15) is 0 Å². The minimum Gasteiger partial charge on any atom is -0.475 e. The van der Waals surface area contributed by atoms with E-state index in [0.717, 1.165) is 6.26 Å². The number of hydrogen-bond acceptors (Lipinski definition) is 4. The minimum absolute atomic E-state index is 0.178. The standard InChI is InChI=1S/C9H12O5S/c1-3-8(15(2,12)13)6-4-5-7(14-6)9(10)11/h4-5,8H,3H2,1-2H3,(H,10,11). The Bertz CT molecular complexity index is 457. The SMILES string of the molecule is CCC(c1ccc(C(=O)O)o1)S(C)(=O)=O. The normalized spacial score (nSPS) is 13.7. The molecule has 0 amide bonds. The molecule has 6 heteroatoms. The Hall–Kier alpha value is -1.30. The molecule has 5 nitrogen and oxygen atoms in total. The van der Waals surface area contributed by atoms with Gasteiger partial charge < -0.3 is 9.52 Å². The van der Waals surface area contributed by atoms with Crippen LogP contribution in [0.1, 0.15) is 34.9 Å². The highest BCUT2D eigenvalue weighted by molar-refractivity contribution is 7.90. The third-order valence-electron chi connectivity index (χ3n) is 2.04. The number of sulfone groups is 1. The fraction of sp³-hybridized carbons (Fsp3) is 0.444. The van der Waals surface area contributed by atoms with Crippen LogP contribution in [0.15, 0.2) is 16.5 Å². The lowest BCUT2D eigenvalue weighted by Crippen LogP contribution is -2.09. The fourth-order valence-electron chi connectivity index (χ4n) is 1.36. The molecule has 1 heterocycles. The van der Waals surface area contributed by atoms with E-state index in [1.54, 1.807) is 6.92 Å². The molecule has 1 unspecified atom stereocenters. The molecule has 1 aromatic rings. The average Bonchev–Trinajstić information content (AvgIpc) is 2.51. The predicted octanol–water partition coefficient (Wildman–Crippen LogP) is 1.47. The van der Waals surface area contributed by atoms with E-state index in [9.17, 15) is 13.2 Å². The molecule has 0 aliphatic heterocycles. The summed E-state index contributed by atoms with van der Waals surface area (Å²) in [6.45, 7) is 1.70. The van der Waals surface area contributed by atoms with E-state index in [1.807, 2.05) is 0 Å². The Morgan fingerprint density at radius 1 is 1.53 bits per heavy atom. The van der Waals surface area contributed by atoms with Crippen LogP contribution < -0.4 is 0 Å². The van der Waals surface area contributed by atoms with E-state index in [0.29, 0.717) is 6.42 Å². The highest BCUT2D eigenvalue weighted by Crippen LogP contribution is 2.26. The summed E-state index contributed by atoms with van der Waals surface area (Å²) in [4.78, 5) is 10.5. The van der Waals surface area contributed by atoms with Crippen molar-refractivity contribution < 1.29 is 22.7 Å². The van der Waals surface area contributed by atoms with Crippen LogP contribution in [0.3, 0.4) is 0 Å². The molecule has 0 fully saturated rings. The van der Waals surface area contributed by atoms with Crippen molar-refractivity contribution in [3.63, 3.8) is 0 Å². The molecule has 0 saturated carbocycles. The molecular weight excluding hydrogens is 220 g/mol. The summed E-state index contributed by atoms with van der Waals surface area (Å²) in [7, 11) is -3.27. The first-order chi connectivity index (χ1) is 6.86. The van der Waals surface area contributed by atoms with Crippen LogP contribution in [0.4, 0.5) is 0 Å². The molecular formula is C9H12O5S. The van der Waals surface area contributed by atoms with Crippen molar-refractivity contribution >= 4 is 15.8 Å². The van der Waals surface area contributed by atoms with Gasteiger partial charge in [-0.1, -0.05) is 6.92 Å². The van der Waals surface area contributed by atoms with Gasteiger partial charge in [-0.15, -0.1) is 0 Å². The largest absolute Gasteiger partial charge is 0.475 e. The van der Waals surface area contributed by atoms with Crippen molar-refractivity contribution in [1.82, 2.24) is 0 Å². The third-order valence-corrected chi connectivity index (χ3v) is 3.64. The Balaban J connectivity index is 3.09. The number of aromatic carboxylic acids is 1. The Kier molecular flexibility index (Phi) is 3.18. The first-order valence-corrected chi connectivity index (χ1v) is 6.33. The number of rotatable bonds is 4. The fourth-order valence-corrected chi connectivity index (χ4v) is 2.51. The molecule has 0 bridgehead atoms. The highest BCUT2D eigenvalue weighted by atomic mass is 32.2. The van der Waals surface area contributed by atoms with E-state index in [4.69, 9.17) is 9.52 Å². The summed E-state index contributed by atoms with van der Waals surface area (Å²) in [5.74, 6) is -1.27. The van der Waals surface area contributed by atoms with E-state index in [-0.39, 0.29) is 11.5 Å².